The van der Waals surface area contributed by atoms with Gasteiger partial charge in [-0.1, -0.05) is 24.7 Å². The van der Waals surface area contributed by atoms with Crippen LogP contribution in [0.4, 0.5) is 18.3 Å². The van der Waals surface area contributed by atoms with Crippen molar-refractivity contribution in [1.82, 2.24) is 4.98 Å². The van der Waals surface area contributed by atoms with E-state index < -0.39 is 11.7 Å². The summed E-state index contributed by atoms with van der Waals surface area (Å²) in [7, 11) is 0. The van der Waals surface area contributed by atoms with Gasteiger partial charge in [0.25, 0.3) is 0 Å². The third kappa shape index (κ3) is 2.75. The molecule has 0 saturated heterocycles. The molecule has 0 aliphatic heterocycles. The van der Waals surface area contributed by atoms with Gasteiger partial charge in [-0.3, -0.25) is 0 Å². The van der Waals surface area contributed by atoms with Gasteiger partial charge in [-0.15, -0.1) is 0 Å². The highest BCUT2D eigenvalue weighted by Crippen LogP contribution is 2.39. The number of rotatable bonds is 4. The number of alkyl halides is 3. The van der Waals surface area contributed by atoms with Crippen LogP contribution in [0.1, 0.15) is 31.7 Å². The van der Waals surface area contributed by atoms with Crippen LogP contribution < -0.4 is 5.32 Å². The molecule has 2 nitrogen and oxygen atoms in total. The van der Waals surface area contributed by atoms with Crippen LogP contribution in [0.3, 0.4) is 0 Å². The van der Waals surface area contributed by atoms with Gasteiger partial charge in [0.1, 0.15) is 0 Å². The van der Waals surface area contributed by atoms with Gasteiger partial charge >= 0.3 is 6.18 Å². The lowest BCUT2D eigenvalue weighted by atomic mass is 10.2. The van der Waals surface area contributed by atoms with Crippen LogP contribution in [0.15, 0.2) is 18.2 Å². The maximum Gasteiger partial charge on any atom is 0.416 e. The van der Waals surface area contributed by atoms with E-state index in [1.165, 1.54) is 23.8 Å². The molecule has 3 rings (SSSR count). The van der Waals surface area contributed by atoms with E-state index in [0.29, 0.717) is 17.5 Å². The third-order valence-electron chi connectivity index (χ3n) is 3.61. The van der Waals surface area contributed by atoms with Crippen LogP contribution in [0.5, 0.6) is 0 Å². The Morgan fingerprint density at radius 1 is 1.40 bits per heavy atom. The molecule has 1 aliphatic carbocycles. The van der Waals surface area contributed by atoms with E-state index >= 15 is 0 Å². The summed E-state index contributed by atoms with van der Waals surface area (Å²) in [6, 6.07) is 4.17. The molecular weight excluding hydrogens is 285 g/mol. The maximum atomic E-state index is 12.6. The van der Waals surface area contributed by atoms with Crippen LogP contribution >= 0.6 is 11.3 Å². The molecule has 1 saturated carbocycles. The Bertz CT molecular complexity index is 620. The molecule has 6 heteroatoms. The Labute approximate surface area is 119 Å². The molecule has 2 atom stereocenters. The molecule has 1 aliphatic rings. The first kappa shape index (κ1) is 13.7. The van der Waals surface area contributed by atoms with Crippen molar-refractivity contribution in [3.63, 3.8) is 0 Å². The molecule has 0 amide bonds. The molecule has 1 fully saturated rings. The second kappa shape index (κ2) is 4.91. The fraction of sp³-hybridized carbons (Fsp3) is 0.500. The highest BCUT2D eigenvalue weighted by Gasteiger charge is 2.36. The van der Waals surface area contributed by atoms with E-state index in [4.69, 9.17) is 0 Å². The molecule has 20 heavy (non-hydrogen) atoms. The summed E-state index contributed by atoms with van der Waals surface area (Å²) in [6.07, 6.45) is -0.815. The zero-order chi connectivity index (χ0) is 14.3. The van der Waals surface area contributed by atoms with Gasteiger partial charge in [0.15, 0.2) is 5.13 Å². The van der Waals surface area contributed by atoms with Crippen LogP contribution in [0, 0.1) is 5.92 Å². The molecule has 0 spiro atoms. The van der Waals surface area contributed by atoms with Gasteiger partial charge < -0.3 is 5.32 Å². The van der Waals surface area contributed by atoms with Gasteiger partial charge in [-0.2, -0.15) is 13.2 Å². The predicted octanol–water partition coefficient (Wildman–Crippen LogP) is 4.92. The number of anilines is 1. The molecule has 108 valence electrons. The standard InChI is InChI=1S/C14H15F3N2S/c1-2-3-8-6-10(8)18-13-19-11-7-9(14(15,16)17)4-5-12(11)20-13/h4-5,7-8,10H,2-3,6H2,1H3,(H,18,19). The minimum absolute atomic E-state index is 0.417. The van der Waals surface area contributed by atoms with E-state index in [0.717, 1.165) is 34.8 Å². The van der Waals surface area contributed by atoms with Crippen molar-refractivity contribution in [1.29, 1.82) is 0 Å². The minimum atomic E-state index is -4.31. The number of aromatic nitrogens is 1. The molecule has 1 heterocycles. The van der Waals surface area contributed by atoms with Crippen LogP contribution in [-0.2, 0) is 6.18 Å². The number of nitrogens with zero attached hydrogens (tertiary/aromatic N) is 1. The fourth-order valence-electron chi connectivity index (χ4n) is 2.44. The Hall–Kier alpha value is -1.30. The number of hydrogen-bond acceptors (Lipinski definition) is 3. The zero-order valence-corrected chi connectivity index (χ0v) is 11.8. The lowest BCUT2D eigenvalue weighted by molar-refractivity contribution is -0.137. The van der Waals surface area contributed by atoms with Crippen LogP contribution in [-0.4, -0.2) is 11.0 Å². The summed E-state index contributed by atoms with van der Waals surface area (Å²) in [5.41, 5.74) is -0.225. The zero-order valence-electron chi connectivity index (χ0n) is 11.0. The lowest BCUT2D eigenvalue weighted by Gasteiger charge is -2.04. The van der Waals surface area contributed by atoms with Crippen LogP contribution in [0.2, 0.25) is 0 Å². The number of hydrogen-bond donors (Lipinski definition) is 1. The number of benzene rings is 1. The Morgan fingerprint density at radius 3 is 2.90 bits per heavy atom. The monoisotopic (exact) mass is 300 g/mol. The normalized spacial score (nSPS) is 22.2. The SMILES string of the molecule is CCCC1CC1Nc1nc2cc(C(F)(F)F)ccc2s1. The number of thiazole rings is 1. The van der Waals surface area contributed by atoms with E-state index in [-0.39, 0.29) is 0 Å². The molecule has 2 unspecified atom stereocenters. The summed E-state index contributed by atoms with van der Waals surface area (Å²) in [6.45, 7) is 2.16. The third-order valence-corrected chi connectivity index (χ3v) is 4.57. The first-order chi connectivity index (χ1) is 9.47. The summed E-state index contributed by atoms with van der Waals surface area (Å²) >= 11 is 1.42. The van der Waals surface area contributed by atoms with Crippen molar-refractivity contribution in [2.75, 3.05) is 5.32 Å². The van der Waals surface area contributed by atoms with Crippen molar-refractivity contribution in [3.8, 4) is 0 Å². The van der Waals surface area contributed by atoms with Gasteiger partial charge in [0.2, 0.25) is 0 Å². The average molecular weight is 300 g/mol. The first-order valence-corrected chi connectivity index (χ1v) is 7.53. The quantitative estimate of drug-likeness (QED) is 0.867. The summed E-state index contributed by atoms with van der Waals surface area (Å²) in [5.74, 6) is 0.692. The Morgan fingerprint density at radius 2 is 2.20 bits per heavy atom. The average Bonchev–Trinajstić information content (AvgIpc) is 2.96. The molecular formula is C14H15F3N2S. The van der Waals surface area contributed by atoms with Gasteiger partial charge in [0.05, 0.1) is 15.8 Å². The second-order valence-electron chi connectivity index (χ2n) is 5.23. The second-order valence-corrected chi connectivity index (χ2v) is 6.27. The topological polar surface area (TPSA) is 24.9 Å². The highest BCUT2D eigenvalue weighted by molar-refractivity contribution is 7.22. The highest BCUT2D eigenvalue weighted by atomic mass is 32.1. The smallest absolute Gasteiger partial charge is 0.358 e. The van der Waals surface area contributed by atoms with Gasteiger partial charge in [-0.05, 0) is 37.0 Å². The van der Waals surface area contributed by atoms with Crippen molar-refractivity contribution < 1.29 is 13.2 Å². The predicted molar refractivity (Wildman–Crippen MR) is 75.0 cm³/mol. The van der Waals surface area contributed by atoms with Crippen molar-refractivity contribution in [2.45, 2.75) is 38.4 Å². The Kier molecular flexibility index (Phi) is 3.36. The Balaban J connectivity index is 1.77. The van der Waals surface area contributed by atoms with E-state index in [1.54, 1.807) is 0 Å². The molecule has 1 N–H and O–H groups in total. The van der Waals surface area contributed by atoms with E-state index in [2.05, 4.69) is 17.2 Å². The molecule has 0 radical (unpaired) electrons. The molecule has 1 aromatic heterocycles. The van der Waals surface area contributed by atoms with E-state index in [9.17, 15) is 13.2 Å². The fourth-order valence-corrected chi connectivity index (χ4v) is 3.35. The lowest BCUT2D eigenvalue weighted by Crippen LogP contribution is -2.04. The summed E-state index contributed by atoms with van der Waals surface area (Å²) in [4.78, 5) is 4.27. The molecule has 2 aromatic rings. The van der Waals surface area contributed by atoms with Gasteiger partial charge in [0, 0.05) is 6.04 Å². The molecule has 0 bridgehead atoms. The molecule has 1 aromatic carbocycles. The van der Waals surface area contributed by atoms with Crippen molar-refractivity contribution in [2.24, 2.45) is 5.92 Å². The number of halogens is 3. The summed E-state index contributed by atoms with van der Waals surface area (Å²) in [5, 5.41) is 4.05. The van der Waals surface area contributed by atoms with Crippen LogP contribution in [0.25, 0.3) is 10.2 Å². The summed E-state index contributed by atoms with van der Waals surface area (Å²) < 4.78 is 38.7. The van der Waals surface area contributed by atoms with Crippen molar-refractivity contribution >= 4 is 26.7 Å². The largest absolute Gasteiger partial charge is 0.416 e. The minimum Gasteiger partial charge on any atom is -0.358 e. The van der Waals surface area contributed by atoms with E-state index in [1.807, 2.05) is 0 Å². The number of fused-ring (bicyclic) bond motifs is 1. The first-order valence-electron chi connectivity index (χ1n) is 6.71. The van der Waals surface area contributed by atoms with Gasteiger partial charge in [-0.25, -0.2) is 4.98 Å². The maximum absolute atomic E-state index is 12.6. The number of nitrogens with one attached hydrogen (secondary N) is 1. The van der Waals surface area contributed by atoms with Crippen molar-refractivity contribution in [3.05, 3.63) is 23.8 Å².